The van der Waals surface area contributed by atoms with E-state index in [0.29, 0.717) is 0 Å². The van der Waals surface area contributed by atoms with Crippen molar-refractivity contribution in [3.05, 3.63) is 22.8 Å². The molecule has 1 rings (SSSR count). The minimum absolute atomic E-state index is 0.0883. The molecule has 0 aromatic carbocycles. The van der Waals surface area contributed by atoms with Gasteiger partial charge in [-0.1, -0.05) is 11.6 Å². The van der Waals surface area contributed by atoms with Crippen LogP contribution >= 0.6 is 11.6 Å². The van der Waals surface area contributed by atoms with Crippen LogP contribution in [0.2, 0.25) is 5.15 Å². The van der Waals surface area contributed by atoms with Crippen LogP contribution in [0.15, 0.2) is 12.1 Å². The Labute approximate surface area is 93.1 Å². The number of rotatable bonds is 3. The van der Waals surface area contributed by atoms with Gasteiger partial charge in [0.15, 0.2) is 0 Å². The van der Waals surface area contributed by atoms with Crippen molar-refractivity contribution in [3.8, 4) is 0 Å². The van der Waals surface area contributed by atoms with Gasteiger partial charge in [-0.2, -0.15) is 13.2 Å². The Morgan fingerprint density at radius 2 is 2.12 bits per heavy atom. The van der Waals surface area contributed by atoms with Crippen molar-refractivity contribution >= 4 is 23.4 Å². The highest BCUT2D eigenvalue weighted by Gasteiger charge is 2.27. The number of carboxylic acids is 1. The molecule has 0 spiro atoms. The van der Waals surface area contributed by atoms with Gasteiger partial charge in [-0.3, -0.25) is 0 Å². The Bertz CT molecular complexity index is 409. The molecule has 4 nitrogen and oxygen atoms in total. The highest BCUT2D eigenvalue weighted by molar-refractivity contribution is 6.29. The molecule has 8 heteroatoms. The van der Waals surface area contributed by atoms with Crippen LogP contribution in [0.4, 0.5) is 19.0 Å². The molecular formula is C8H6ClF3N2O2. The molecule has 0 aliphatic rings. The smallest absolute Gasteiger partial charge is 0.405 e. The number of nitrogens with one attached hydrogen (secondary N) is 1. The lowest BCUT2D eigenvalue weighted by Crippen LogP contribution is -2.23. The summed E-state index contributed by atoms with van der Waals surface area (Å²) < 4.78 is 35.7. The fourth-order valence-electron chi connectivity index (χ4n) is 0.927. The van der Waals surface area contributed by atoms with Gasteiger partial charge in [0.2, 0.25) is 0 Å². The normalized spacial score (nSPS) is 11.2. The highest BCUT2D eigenvalue weighted by atomic mass is 35.5. The topological polar surface area (TPSA) is 62.2 Å². The molecule has 1 aromatic rings. The van der Waals surface area contributed by atoms with Gasteiger partial charge in [-0.25, -0.2) is 9.78 Å². The minimum Gasteiger partial charge on any atom is -0.478 e. The number of carbonyl (C=O) groups is 1. The first-order valence-electron chi connectivity index (χ1n) is 4.00. The molecule has 0 radical (unpaired) electrons. The van der Waals surface area contributed by atoms with Crippen LogP contribution in [0.5, 0.6) is 0 Å². The van der Waals surface area contributed by atoms with E-state index in [2.05, 4.69) is 4.98 Å². The number of carboxylic acid groups (broad SMARTS) is 1. The van der Waals surface area contributed by atoms with Crippen LogP contribution in [0, 0.1) is 0 Å². The van der Waals surface area contributed by atoms with Gasteiger partial charge in [0.25, 0.3) is 0 Å². The van der Waals surface area contributed by atoms with Gasteiger partial charge < -0.3 is 10.4 Å². The molecule has 0 saturated heterocycles. The Hall–Kier alpha value is -1.50. The third kappa shape index (κ3) is 3.58. The van der Waals surface area contributed by atoms with E-state index < -0.39 is 24.5 Å². The zero-order valence-corrected chi connectivity index (χ0v) is 8.43. The third-order valence-corrected chi connectivity index (χ3v) is 1.76. The number of nitrogens with zero attached hydrogens (tertiary/aromatic N) is 1. The van der Waals surface area contributed by atoms with Crippen molar-refractivity contribution in [1.82, 2.24) is 4.98 Å². The first kappa shape index (κ1) is 12.6. The Morgan fingerprint density at radius 1 is 1.50 bits per heavy atom. The average molecular weight is 255 g/mol. The number of aromatic carboxylic acids is 1. The lowest BCUT2D eigenvalue weighted by atomic mass is 10.2. The molecule has 0 atom stereocenters. The summed E-state index contributed by atoms with van der Waals surface area (Å²) in [5, 5.41) is 10.5. The summed E-state index contributed by atoms with van der Waals surface area (Å²) in [5.41, 5.74) is -0.367. The zero-order valence-electron chi connectivity index (χ0n) is 7.68. The van der Waals surface area contributed by atoms with Gasteiger partial charge >= 0.3 is 12.1 Å². The number of aromatic nitrogens is 1. The number of pyridine rings is 1. The summed E-state index contributed by atoms with van der Waals surface area (Å²) in [7, 11) is 0. The molecule has 0 fully saturated rings. The molecule has 0 saturated carbocycles. The van der Waals surface area contributed by atoms with Crippen molar-refractivity contribution in [2.24, 2.45) is 0 Å². The zero-order chi connectivity index (χ0) is 12.3. The molecule has 0 amide bonds. The molecule has 0 unspecified atom stereocenters. The van der Waals surface area contributed by atoms with Gasteiger partial charge in [-0.15, -0.1) is 0 Å². The van der Waals surface area contributed by atoms with Crippen molar-refractivity contribution < 1.29 is 23.1 Å². The standard InChI is InChI=1S/C8H6ClF3N2O2/c9-5-2-1-4(7(15)16)6(14-5)13-3-8(10,11)12/h1-2H,3H2,(H,13,14)(H,15,16). The van der Waals surface area contributed by atoms with Crippen LogP contribution in [0.1, 0.15) is 10.4 Å². The molecule has 16 heavy (non-hydrogen) atoms. The van der Waals surface area contributed by atoms with Gasteiger partial charge in [0.05, 0.1) is 0 Å². The largest absolute Gasteiger partial charge is 0.478 e. The first-order chi connectivity index (χ1) is 7.29. The monoisotopic (exact) mass is 254 g/mol. The molecule has 1 heterocycles. The summed E-state index contributed by atoms with van der Waals surface area (Å²) in [4.78, 5) is 14.1. The summed E-state index contributed by atoms with van der Waals surface area (Å²) in [6.45, 7) is -1.37. The number of hydrogen-bond acceptors (Lipinski definition) is 3. The summed E-state index contributed by atoms with van der Waals surface area (Å²) in [6.07, 6.45) is -4.46. The second-order valence-electron chi connectivity index (χ2n) is 2.80. The molecule has 0 aliphatic carbocycles. The fraction of sp³-hybridized carbons (Fsp3) is 0.250. The summed E-state index contributed by atoms with van der Waals surface area (Å²) in [6, 6.07) is 2.26. The van der Waals surface area contributed by atoms with Crippen LogP contribution in [0.3, 0.4) is 0 Å². The lowest BCUT2D eigenvalue weighted by Gasteiger charge is -2.10. The van der Waals surface area contributed by atoms with E-state index in [1.165, 1.54) is 6.07 Å². The molecule has 2 N–H and O–H groups in total. The lowest BCUT2D eigenvalue weighted by molar-refractivity contribution is -0.115. The van der Waals surface area contributed by atoms with E-state index in [9.17, 15) is 18.0 Å². The van der Waals surface area contributed by atoms with Crippen LogP contribution in [0.25, 0.3) is 0 Å². The molecule has 1 aromatic heterocycles. The Morgan fingerprint density at radius 3 is 2.62 bits per heavy atom. The van der Waals surface area contributed by atoms with E-state index in [1.54, 1.807) is 0 Å². The van der Waals surface area contributed by atoms with Crippen LogP contribution in [-0.2, 0) is 0 Å². The second kappa shape index (κ2) is 4.56. The van der Waals surface area contributed by atoms with Crippen LogP contribution in [-0.4, -0.2) is 28.8 Å². The van der Waals surface area contributed by atoms with Gasteiger partial charge in [-0.05, 0) is 12.1 Å². The van der Waals surface area contributed by atoms with Crippen molar-refractivity contribution in [2.45, 2.75) is 6.18 Å². The SMILES string of the molecule is O=C(O)c1ccc(Cl)nc1NCC(F)(F)F. The molecule has 88 valence electrons. The predicted molar refractivity (Wildman–Crippen MR) is 50.8 cm³/mol. The number of alkyl halides is 3. The van der Waals surface area contributed by atoms with Crippen LogP contribution < -0.4 is 5.32 Å². The first-order valence-corrected chi connectivity index (χ1v) is 4.38. The van der Waals surface area contributed by atoms with E-state index in [0.717, 1.165) is 6.07 Å². The predicted octanol–water partition coefficient (Wildman–Crippen LogP) is 2.41. The number of hydrogen-bond donors (Lipinski definition) is 2. The maximum Gasteiger partial charge on any atom is 0.405 e. The quantitative estimate of drug-likeness (QED) is 0.813. The van der Waals surface area contributed by atoms with E-state index in [-0.39, 0.29) is 10.7 Å². The molecule has 0 bridgehead atoms. The van der Waals surface area contributed by atoms with Crippen molar-refractivity contribution in [3.63, 3.8) is 0 Å². The molecule has 0 aliphatic heterocycles. The van der Waals surface area contributed by atoms with E-state index in [1.807, 2.05) is 5.32 Å². The average Bonchev–Trinajstić information content (AvgIpc) is 2.13. The van der Waals surface area contributed by atoms with E-state index in [4.69, 9.17) is 16.7 Å². The van der Waals surface area contributed by atoms with Crippen molar-refractivity contribution in [2.75, 3.05) is 11.9 Å². The maximum atomic E-state index is 11.9. The second-order valence-corrected chi connectivity index (χ2v) is 3.19. The Balaban J connectivity index is 2.93. The maximum absolute atomic E-state index is 11.9. The van der Waals surface area contributed by atoms with Gasteiger partial charge in [0, 0.05) is 0 Å². The summed E-state index contributed by atoms with van der Waals surface area (Å²) >= 11 is 5.45. The number of anilines is 1. The highest BCUT2D eigenvalue weighted by Crippen LogP contribution is 2.20. The Kier molecular flexibility index (Phi) is 3.58. The minimum atomic E-state index is -4.46. The van der Waals surface area contributed by atoms with E-state index >= 15 is 0 Å². The van der Waals surface area contributed by atoms with Crippen molar-refractivity contribution in [1.29, 1.82) is 0 Å². The number of halogens is 4. The van der Waals surface area contributed by atoms with Gasteiger partial charge in [0.1, 0.15) is 23.1 Å². The fourth-order valence-corrected chi connectivity index (χ4v) is 1.07. The summed E-state index contributed by atoms with van der Waals surface area (Å²) in [5.74, 6) is -1.79. The third-order valence-electron chi connectivity index (χ3n) is 1.55. The molecular weight excluding hydrogens is 249 g/mol.